The van der Waals surface area contributed by atoms with E-state index in [1.165, 1.54) is 4.88 Å². The van der Waals surface area contributed by atoms with Crippen LogP contribution in [0.5, 0.6) is 0 Å². The molecule has 0 bridgehead atoms. The molecule has 2 amide bonds. The third-order valence-corrected chi connectivity index (χ3v) is 4.13. The second kappa shape index (κ2) is 6.56. The van der Waals surface area contributed by atoms with E-state index >= 15 is 0 Å². The second-order valence-electron chi connectivity index (χ2n) is 4.99. The zero-order chi connectivity index (χ0) is 14.5. The summed E-state index contributed by atoms with van der Waals surface area (Å²) in [4.78, 5) is 23.6. The molecular formula is C13H20N2O3S. The number of rotatable bonds is 6. The van der Waals surface area contributed by atoms with Gasteiger partial charge in [-0.1, -0.05) is 26.8 Å². The molecule has 3 N–H and O–H groups in total. The standard InChI is InChI=1S/C13H20N2O3S/c1-4-9(11(16)17)15-12(18)14-8-13(2,3)10-6-5-7-19-10/h5-7,9H,4,8H2,1-3H3,(H,16,17)(H2,14,15,18)/t9-/m0/s1. The first kappa shape index (κ1) is 15.5. The monoisotopic (exact) mass is 284 g/mol. The summed E-state index contributed by atoms with van der Waals surface area (Å²) >= 11 is 1.64. The Bertz CT molecular complexity index is 429. The number of carboxylic acid groups (broad SMARTS) is 1. The fraction of sp³-hybridized carbons (Fsp3) is 0.538. The normalized spacial score (nSPS) is 12.8. The number of amides is 2. The van der Waals surface area contributed by atoms with Crippen molar-refractivity contribution in [3.8, 4) is 0 Å². The van der Waals surface area contributed by atoms with Gasteiger partial charge in [0.15, 0.2) is 0 Å². The van der Waals surface area contributed by atoms with Crippen LogP contribution in [0.2, 0.25) is 0 Å². The van der Waals surface area contributed by atoms with Crippen LogP contribution in [0, 0.1) is 0 Å². The predicted octanol–water partition coefficient (Wildman–Crippen LogP) is 2.19. The van der Waals surface area contributed by atoms with Crippen molar-refractivity contribution in [2.45, 2.75) is 38.6 Å². The second-order valence-corrected chi connectivity index (χ2v) is 5.93. The topological polar surface area (TPSA) is 78.4 Å². The Balaban J connectivity index is 2.48. The fourth-order valence-corrected chi connectivity index (χ4v) is 2.45. The minimum atomic E-state index is -1.02. The Morgan fingerprint density at radius 1 is 1.47 bits per heavy atom. The number of aliphatic carboxylic acids is 1. The van der Waals surface area contributed by atoms with Crippen molar-refractivity contribution in [1.82, 2.24) is 10.6 Å². The van der Waals surface area contributed by atoms with Crippen LogP contribution in [-0.2, 0) is 10.2 Å². The van der Waals surface area contributed by atoms with E-state index in [4.69, 9.17) is 5.11 Å². The Kier molecular flexibility index (Phi) is 5.35. The van der Waals surface area contributed by atoms with Gasteiger partial charge in [-0.3, -0.25) is 0 Å². The molecule has 1 rings (SSSR count). The highest BCUT2D eigenvalue weighted by Crippen LogP contribution is 2.26. The van der Waals surface area contributed by atoms with Gasteiger partial charge in [0.1, 0.15) is 6.04 Å². The number of carboxylic acids is 1. The Morgan fingerprint density at radius 3 is 2.63 bits per heavy atom. The van der Waals surface area contributed by atoms with E-state index < -0.39 is 18.0 Å². The molecular weight excluding hydrogens is 264 g/mol. The molecule has 0 radical (unpaired) electrons. The molecule has 1 aromatic rings. The molecule has 0 unspecified atom stereocenters. The molecule has 106 valence electrons. The fourth-order valence-electron chi connectivity index (χ4n) is 1.60. The quantitative estimate of drug-likeness (QED) is 0.749. The van der Waals surface area contributed by atoms with Gasteiger partial charge in [-0.25, -0.2) is 9.59 Å². The number of nitrogens with one attached hydrogen (secondary N) is 2. The summed E-state index contributed by atoms with van der Waals surface area (Å²) in [5.74, 6) is -1.02. The molecule has 0 saturated heterocycles. The Labute approximate surface area is 117 Å². The molecule has 0 aliphatic heterocycles. The maximum atomic E-state index is 11.7. The molecule has 0 aromatic carbocycles. The smallest absolute Gasteiger partial charge is 0.326 e. The molecule has 1 atom stereocenters. The maximum absolute atomic E-state index is 11.7. The first-order chi connectivity index (χ1) is 8.86. The van der Waals surface area contributed by atoms with Crippen molar-refractivity contribution in [3.63, 3.8) is 0 Å². The summed E-state index contributed by atoms with van der Waals surface area (Å²) in [5.41, 5.74) is -0.170. The summed E-state index contributed by atoms with van der Waals surface area (Å²) in [6.45, 7) is 6.24. The molecule has 1 aromatic heterocycles. The predicted molar refractivity (Wildman–Crippen MR) is 75.6 cm³/mol. The van der Waals surface area contributed by atoms with Crippen LogP contribution in [0.15, 0.2) is 17.5 Å². The van der Waals surface area contributed by atoms with E-state index in [1.807, 2.05) is 31.4 Å². The lowest BCUT2D eigenvalue weighted by Crippen LogP contribution is -2.48. The molecule has 0 aliphatic rings. The number of carbonyl (C=O) groups excluding carboxylic acids is 1. The van der Waals surface area contributed by atoms with Crippen LogP contribution in [0.1, 0.15) is 32.1 Å². The summed E-state index contributed by atoms with van der Waals surface area (Å²) in [7, 11) is 0. The van der Waals surface area contributed by atoms with Crippen molar-refractivity contribution in [3.05, 3.63) is 22.4 Å². The molecule has 0 aliphatic carbocycles. The SMILES string of the molecule is CC[C@H](NC(=O)NCC(C)(C)c1cccs1)C(=O)O. The molecule has 1 heterocycles. The number of carbonyl (C=O) groups is 2. The van der Waals surface area contributed by atoms with Crippen LogP contribution >= 0.6 is 11.3 Å². The van der Waals surface area contributed by atoms with Gasteiger partial charge >= 0.3 is 12.0 Å². The minimum absolute atomic E-state index is 0.170. The van der Waals surface area contributed by atoms with Crippen LogP contribution in [0.25, 0.3) is 0 Å². The van der Waals surface area contributed by atoms with Crippen molar-refractivity contribution in [2.75, 3.05) is 6.54 Å². The lowest BCUT2D eigenvalue weighted by atomic mass is 9.91. The van der Waals surface area contributed by atoms with Crippen LogP contribution in [0.3, 0.4) is 0 Å². The molecule has 6 heteroatoms. The zero-order valence-electron chi connectivity index (χ0n) is 11.4. The summed E-state index contributed by atoms with van der Waals surface area (Å²) in [6.07, 6.45) is 0.358. The van der Waals surface area contributed by atoms with Gasteiger partial charge in [0.25, 0.3) is 0 Å². The lowest BCUT2D eigenvalue weighted by molar-refractivity contribution is -0.139. The van der Waals surface area contributed by atoms with Crippen LogP contribution < -0.4 is 10.6 Å². The first-order valence-corrected chi connectivity index (χ1v) is 7.06. The highest BCUT2D eigenvalue weighted by Gasteiger charge is 2.23. The maximum Gasteiger partial charge on any atom is 0.326 e. The van der Waals surface area contributed by atoms with E-state index in [0.717, 1.165) is 0 Å². The van der Waals surface area contributed by atoms with Gasteiger partial charge in [0, 0.05) is 16.8 Å². The number of thiophene rings is 1. The third kappa shape index (κ3) is 4.55. The number of urea groups is 1. The van der Waals surface area contributed by atoms with E-state index in [2.05, 4.69) is 10.6 Å². The number of hydrogen-bond donors (Lipinski definition) is 3. The van der Waals surface area contributed by atoms with Gasteiger partial charge < -0.3 is 15.7 Å². The molecule has 0 spiro atoms. The van der Waals surface area contributed by atoms with Gasteiger partial charge in [-0.2, -0.15) is 0 Å². The van der Waals surface area contributed by atoms with E-state index in [-0.39, 0.29) is 5.41 Å². The first-order valence-electron chi connectivity index (χ1n) is 6.18. The highest BCUT2D eigenvalue weighted by atomic mass is 32.1. The summed E-state index contributed by atoms with van der Waals surface area (Å²) < 4.78 is 0. The Morgan fingerprint density at radius 2 is 2.16 bits per heavy atom. The van der Waals surface area contributed by atoms with Gasteiger partial charge in [-0.15, -0.1) is 11.3 Å². The van der Waals surface area contributed by atoms with E-state index in [1.54, 1.807) is 18.3 Å². The molecule has 19 heavy (non-hydrogen) atoms. The van der Waals surface area contributed by atoms with E-state index in [0.29, 0.717) is 13.0 Å². The molecule has 5 nitrogen and oxygen atoms in total. The molecule has 0 saturated carbocycles. The average molecular weight is 284 g/mol. The zero-order valence-corrected chi connectivity index (χ0v) is 12.2. The third-order valence-electron chi connectivity index (χ3n) is 2.89. The van der Waals surface area contributed by atoms with Gasteiger partial charge in [0.2, 0.25) is 0 Å². The summed E-state index contributed by atoms with van der Waals surface area (Å²) in [6, 6.07) is 2.71. The van der Waals surface area contributed by atoms with Crippen molar-refractivity contribution in [1.29, 1.82) is 0 Å². The number of hydrogen-bond acceptors (Lipinski definition) is 3. The largest absolute Gasteiger partial charge is 0.480 e. The van der Waals surface area contributed by atoms with Crippen LogP contribution in [0.4, 0.5) is 4.79 Å². The lowest BCUT2D eigenvalue weighted by Gasteiger charge is -2.24. The van der Waals surface area contributed by atoms with E-state index in [9.17, 15) is 9.59 Å². The van der Waals surface area contributed by atoms with Crippen molar-refractivity contribution in [2.24, 2.45) is 0 Å². The average Bonchev–Trinajstić information content (AvgIpc) is 2.87. The van der Waals surface area contributed by atoms with Crippen molar-refractivity contribution < 1.29 is 14.7 Å². The van der Waals surface area contributed by atoms with Gasteiger partial charge in [0.05, 0.1) is 0 Å². The van der Waals surface area contributed by atoms with Crippen LogP contribution in [-0.4, -0.2) is 29.7 Å². The van der Waals surface area contributed by atoms with Gasteiger partial charge in [-0.05, 0) is 17.9 Å². The molecule has 0 fully saturated rings. The summed E-state index contributed by atoms with van der Waals surface area (Å²) in [5, 5.41) is 16.0. The van der Waals surface area contributed by atoms with Crippen molar-refractivity contribution >= 4 is 23.3 Å². The Hall–Kier alpha value is -1.56. The highest BCUT2D eigenvalue weighted by molar-refractivity contribution is 7.10. The minimum Gasteiger partial charge on any atom is -0.480 e.